The summed E-state index contributed by atoms with van der Waals surface area (Å²) >= 11 is 18.5. The standard InChI is InChI=1S/C27H25Cl3N2O5S/c1-2-37-26(34)27(14-15-27)18-6-10-20(11-7-18)31-25(33)17-32(16-22-23(29)4-3-5-24(22)30)38(35,36)21-12-8-19(28)9-13-21/h3-13H,2,14-17H2,1H3,(H,31,33). The molecule has 38 heavy (non-hydrogen) atoms. The quantitative estimate of drug-likeness (QED) is 0.287. The molecule has 0 spiro atoms. The van der Waals surface area contributed by atoms with Crippen molar-refractivity contribution >= 4 is 62.4 Å². The van der Waals surface area contributed by atoms with E-state index in [-0.39, 0.29) is 27.5 Å². The first-order valence-electron chi connectivity index (χ1n) is 11.8. The number of anilines is 1. The number of halogens is 3. The molecule has 0 heterocycles. The minimum Gasteiger partial charge on any atom is -0.465 e. The lowest BCUT2D eigenvalue weighted by Crippen LogP contribution is -2.37. The molecule has 1 aliphatic carbocycles. The number of sulfonamides is 1. The van der Waals surface area contributed by atoms with E-state index in [0.717, 1.165) is 9.87 Å². The molecule has 4 rings (SSSR count). The lowest BCUT2D eigenvalue weighted by atomic mass is 9.96. The molecule has 3 aromatic carbocycles. The summed E-state index contributed by atoms with van der Waals surface area (Å²) < 4.78 is 33.2. The molecule has 3 aromatic rings. The van der Waals surface area contributed by atoms with Crippen molar-refractivity contribution in [2.75, 3.05) is 18.5 Å². The van der Waals surface area contributed by atoms with Gasteiger partial charge in [0.1, 0.15) is 0 Å². The molecule has 1 N–H and O–H groups in total. The highest BCUT2D eigenvalue weighted by Gasteiger charge is 2.52. The molecule has 200 valence electrons. The van der Waals surface area contributed by atoms with Crippen molar-refractivity contribution in [3.8, 4) is 0 Å². The van der Waals surface area contributed by atoms with Crippen LogP contribution in [0, 0.1) is 0 Å². The van der Waals surface area contributed by atoms with Crippen molar-refractivity contribution < 1.29 is 22.7 Å². The zero-order valence-electron chi connectivity index (χ0n) is 20.4. The monoisotopic (exact) mass is 594 g/mol. The number of hydrogen-bond acceptors (Lipinski definition) is 5. The van der Waals surface area contributed by atoms with E-state index < -0.39 is 27.9 Å². The van der Waals surface area contributed by atoms with Gasteiger partial charge in [0.25, 0.3) is 0 Å². The predicted molar refractivity (Wildman–Crippen MR) is 148 cm³/mol. The van der Waals surface area contributed by atoms with Crippen LogP contribution in [0.25, 0.3) is 0 Å². The van der Waals surface area contributed by atoms with Gasteiger partial charge in [0.2, 0.25) is 15.9 Å². The first-order chi connectivity index (χ1) is 18.1. The summed E-state index contributed by atoms with van der Waals surface area (Å²) in [5.74, 6) is -0.817. The van der Waals surface area contributed by atoms with E-state index in [1.54, 1.807) is 49.4 Å². The highest BCUT2D eigenvalue weighted by molar-refractivity contribution is 7.89. The van der Waals surface area contributed by atoms with E-state index in [1.807, 2.05) is 0 Å². The number of amides is 1. The van der Waals surface area contributed by atoms with Crippen LogP contribution in [0.5, 0.6) is 0 Å². The molecule has 0 aliphatic heterocycles. The molecule has 0 saturated heterocycles. The minimum atomic E-state index is -4.12. The fraction of sp³-hybridized carbons (Fsp3) is 0.259. The van der Waals surface area contributed by atoms with Crippen LogP contribution in [0.2, 0.25) is 15.1 Å². The van der Waals surface area contributed by atoms with Gasteiger partial charge in [-0.25, -0.2) is 8.42 Å². The average Bonchev–Trinajstić information content (AvgIpc) is 3.69. The van der Waals surface area contributed by atoms with Crippen LogP contribution in [0.3, 0.4) is 0 Å². The van der Waals surface area contributed by atoms with Gasteiger partial charge in [0.15, 0.2) is 0 Å². The molecule has 11 heteroatoms. The van der Waals surface area contributed by atoms with E-state index >= 15 is 0 Å². The number of carbonyl (C=O) groups is 2. The maximum absolute atomic E-state index is 13.5. The number of nitrogens with one attached hydrogen (secondary N) is 1. The third-order valence-electron chi connectivity index (χ3n) is 6.30. The fourth-order valence-corrected chi connectivity index (χ4v) is 6.09. The van der Waals surface area contributed by atoms with E-state index in [9.17, 15) is 18.0 Å². The minimum absolute atomic E-state index is 0.0316. The summed E-state index contributed by atoms with van der Waals surface area (Å²) in [6.07, 6.45) is 1.42. The highest BCUT2D eigenvalue weighted by atomic mass is 35.5. The second-order valence-electron chi connectivity index (χ2n) is 8.86. The summed E-state index contributed by atoms with van der Waals surface area (Å²) in [7, 11) is -4.12. The van der Waals surface area contributed by atoms with Crippen molar-refractivity contribution in [1.82, 2.24) is 4.31 Å². The van der Waals surface area contributed by atoms with Crippen LogP contribution in [0.4, 0.5) is 5.69 Å². The molecular formula is C27H25Cl3N2O5S. The van der Waals surface area contributed by atoms with E-state index in [2.05, 4.69) is 5.32 Å². The number of hydrogen-bond donors (Lipinski definition) is 1. The van der Waals surface area contributed by atoms with Gasteiger partial charge in [0.05, 0.1) is 23.5 Å². The van der Waals surface area contributed by atoms with Gasteiger partial charge < -0.3 is 10.1 Å². The molecule has 1 saturated carbocycles. The smallest absolute Gasteiger partial charge is 0.316 e. The van der Waals surface area contributed by atoms with Gasteiger partial charge in [-0.1, -0.05) is 53.0 Å². The number of benzene rings is 3. The Kier molecular flexibility index (Phi) is 8.69. The van der Waals surface area contributed by atoms with Crippen molar-refractivity contribution in [3.05, 3.63) is 92.9 Å². The third-order valence-corrected chi connectivity index (χ3v) is 9.07. The SMILES string of the molecule is CCOC(=O)C1(c2ccc(NC(=O)CN(Cc3c(Cl)cccc3Cl)S(=O)(=O)c3ccc(Cl)cc3)cc2)CC1. The van der Waals surface area contributed by atoms with Crippen molar-refractivity contribution in [2.45, 2.75) is 36.6 Å². The Labute approximate surface area is 236 Å². The topological polar surface area (TPSA) is 92.8 Å². The Morgan fingerprint density at radius 3 is 2.11 bits per heavy atom. The lowest BCUT2D eigenvalue weighted by molar-refractivity contribution is -0.146. The van der Waals surface area contributed by atoms with Crippen LogP contribution in [-0.4, -0.2) is 37.8 Å². The molecule has 0 aromatic heterocycles. The van der Waals surface area contributed by atoms with Crippen LogP contribution in [0.1, 0.15) is 30.9 Å². The Bertz CT molecular complexity index is 1420. The Morgan fingerprint density at radius 2 is 1.55 bits per heavy atom. The number of esters is 1. The second kappa shape index (κ2) is 11.6. The third kappa shape index (κ3) is 6.16. The maximum atomic E-state index is 13.5. The van der Waals surface area contributed by atoms with Gasteiger partial charge in [-0.15, -0.1) is 0 Å². The maximum Gasteiger partial charge on any atom is 0.316 e. The van der Waals surface area contributed by atoms with Gasteiger partial charge in [0, 0.05) is 32.9 Å². The number of rotatable bonds is 10. The van der Waals surface area contributed by atoms with Crippen LogP contribution in [-0.2, 0) is 36.3 Å². The summed E-state index contributed by atoms with van der Waals surface area (Å²) in [5, 5.41) is 3.66. The van der Waals surface area contributed by atoms with Crippen molar-refractivity contribution in [3.63, 3.8) is 0 Å². The zero-order chi connectivity index (χ0) is 27.5. The van der Waals surface area contributed by atoms with Gasteiger partial charge in [-0.3, -0.25) is 9.59 Å². The first kappa shape index (κ1) is 28.4. The van der Waals surface area contributed by atoms with Gasteiger partial charge in [-0.05, 0) is 73.9 Å². The Morgan fingerprint density at radius 1 is 0.947 bits per heavy atom. The lowest BCUT2D eigenvalue weighted by Gasteiger charge is -2.23. The van der Waals surface area contributed by atoms with Crippen molar-refractivity contribution in [2.24, 2.45) is 0 Å². The molecule has 1 fully saturated rings. The fourth-order valence-electron chi connectivity index (χ4n) is 4.08. The Balaban J connectivity index is 1.55. The van der Waals surface area contributed by atoms with Crippen LogP contribution < -0.4 is 5.32 Å². The molecule has 1 aliphatic rings. The highest BCUT2D eigenvalue weighted by Crippen LogP contribution is 2.49. The largest absolute Gasteiger partial charge is 0.465 e. The van der Waals surface area contributed by atoms with E-state index in [1.165, 1.54) is 24.3 Å². The molecule has 0 radical (unpaired) electrons. The normalized spacial score (nSPS) is 14.2. The van der Waals surface area contributed by atoms with Crippen LogP contribution >= 0.6 is 34.8 Å². The first-order valence-corrected chi connectivity index (χ1v) is 14.4. The molecule has 0 unspecified atom stereocenters. The van der Waals surface area contributed by atoms with E-state index in [4.69, 9.17) is 39.5 Å². The molecule has 7 nitrogen and oxygen atoms in total. The molecular weight excluding hydrogens is 571 g/mol. The zero-order valence-corrected chi connectivity index (χ0v) is 23.5. The van der Waals surface area contributed by atoms with Crippen LogP contribution in [0.15, 0.2) is 71.6 Å². The average molecular weight is 596 g/mol. The predicted octanol–water partition coefficient (Wildman–Crippen LogP) is 6.07. The summed E-state index contributed by atoms with van der Waals surface area (Å²) in [6.45, 7) is 1.35. The Hall–Kier alpha value is -2.62. The number of carbonyl (C=O) groups excluding carboxylic acids is 2. The van der Waals surface area contributed by atoms with Gasteiger partial charge >= 0.3 is 5.97 Å². The molecule has 1 amide bonds. The molecule has 0 bridgehead atoms. The van der Waals surface area contributed by atoms with Gasteiger partial charge in [-0.2, -0.15) is 4.31 Å². The van der Waals surface area contributed by atoms with E-state index in [0.29, 0.717) is 35.7 Å². The summed E-state index contributed by atoms with van der Waals surface area (Å²) in [6, 6.07) is 17.4. The second-order valence-corrected chi connectivity index (χ2v) is 12.0. The summed E-state index contributed by atoms with van der Waals surface area (Å²) in [5.41, 5.74) is 1.02. The summed E-state index contributed by atoms with van der Waals surface area (Å²) in [4.78, 5) is 25.4. The number of ether oxygens (including phenoxy) is 1. The van der Waals surface area contributed by atoms with Crippen molar-refractivity contribution in [1.29, 1.82) is 0 Å². The number of nitrogens with zero attached hydrogens (tertiary/aromatic N) is 1. The molecule has 0 atom stereocenters.